The predicted molar refractivity (Wildman–Crippen MR) is 76.7 cm³/mol. The smallest absolute Gasteiger partial charge is 0.207 e. The average molecular weight is 271 g/mol. The third-order valence-corrected chi connectivity index (χ3v) is 5.16. The van der Waals surface area contributed by atoms with Gasteiger partial charge in [-0.05, 0) is 36.8 Å². The van der Waals surface area contributed by atoms with Gasteiger partial charge in [0.05, 0.1) is 4.91 Å². The second-order valence-corrected chi connectivity index (χ2v) is 7.88. The van der Waals surface area contributed by atoms with Crippen LogP contribution in [0.3, 0.4) is 0 Å². The Labute approximate surface area is 112 Å². The first-order chi connectivity index (χ1) is 8.22. The summed E-state index contributed by atoms with van der Waals surface area (Å²) in [6.07, 6.45) is 5.21. The van der Waals surface area contributed by atoms with Crippen molar-refractivity contribution in [3.8, 4) is 0 Å². The molecule has 0 amide bonds. The van der Waals surface area contributed by atoms with Crippen molar-refractivity contribution in [2.24, 2.45) is 5.41 Å². The van der Waals surface area contributed by atoms with Crippen LogP contribution in [0.1, 0.15) is 47.5 Å². The van der Waals surface area contributed by atoms with Crippen molar-refractivity contribution < 1.29 is 8.42 Å². The molecule has 1 aliphatic heterocycles. The van der Waals surface area contributed by atoms with Crippen LogP contribution in [0.4, 0.5) is 0 Å². The van der Waals surface area contributed by atoms with Crippen LogP contribution in [-0.2, 0) is 10.0 Å². The second-order valence-electron chi connectivity index (χ2n) is 5.97. The normalized spacial score (nSPS) is 21.2. The maximum absolute atomic E-state index is 12.4. The van der Waals surface area contributed by atoms with E-state index in [1.807, 2.05) is 13.8 Å². The number of allylic oxidation sites excluding steroid dienone is 2. The quantitative estimate of drug-likeness (QED) is 0.786. The molecule has 0 aliphatic carbocycles. The van der Waals surface area contributed by atoms with Crippen molar-refractivity contribution in [3.63, 3.8) is 0 Å². The number of hydrogen-bond acceptors (Lipinski definition) is 2. The highest BCUT2D eigenvalue weighted by Crippen LogP contribution is 2.31. The molecule has 18 heavy (non-hydrogen) atoms. The maximum atomic E-state index is 12.4. The predicted octanol–water partition coefficient (Wildman–Crippen LogP) is 3.31. The van der Waals surface area contributed by atoms with E-state index in [0.29, 0.717) is 18.0 Å². The van der Waals surface area contributed by atoms with Gasteiger partial charge in [0.1, 0.15) is 0 Å². The lowest BCUT2D eigenvalue weighted by Crippen LogP contribution is -2.30. The third kappa shape index (κ3) is 3.45. The summed E-state index contributed by atoms with van der Waals surface area (Å²) in [5, 5.41) is 0. The van der Waals surface area contributed by atoms with Crippen molar-refractivity contribution in [2.45, 2.75) is 47.5 Å². The molecule has 0 saturated heterocycles. The van der Waals surface area contributed by atoms with Crippen LogP contribution in [0.25, 0.3) is 0 Å². The molecule has 0 unspecified atom stereocenters. The first-order valence-electron chi connectivity index (χ1n) is 6.57. The van der Waals surface area contributed by atoms with Gasteiger partial charge in [0, 0.05) is 13.1 Å². The van der Waals surface area contributed by atoms with E-state index in [1.165, 1.54) is 0 Å². The molecule has 0 saturated carbocycles. The Morgan fingerprint density at radius 1 is 1.33 bits per heavy atom. The van der Waals surface area contributed by atoms with Gasteiger partial charge < -0.3 is 0 Å². The molecule has 0 radical (unpaired) electrons. The Balaban J connectivity index is 2.91. The van der Waals surface area contributed by atoms with Crippen LogP contribution in [-0.4, -0.2) is 25.8 Å². The molecule has 0 aromatic rings. The van der Waals surface area contributed by atoms with E-state index >= 15 is 0 Å². The Morgan fingerprint density at radius 3 is 2.39 bits per heavy atom. The lowest BCUT2D eigenvalue weighted by atomic mass is 9.92. The van der Waals surface area contributed by atoms with Crippen LogP contribution < -0.4 is 0 Å². The molecule has 0 spiro atoms. The van der Waals surface area contributed by atoms with Gasteiger partial charge in [0.25, 0.3) is 0 Å². The lowest BCUT2D eigenvalue weighted by molar-refractivity contribution is 0.323. The molecule has 104 valence electrons. The summed E-state index contributed by atoms with van der Waals surface area (Å²) in [5.74, 6) is 0. The average Bonchev–Trinajstić information content (AvgIpc) is 2.48. The lowest BCUT2D eigenvalue weighted by Gasteiger charge is -2.22. The summed E-state index contributed by atoms with van der Waals surface area (Å²) in [7, 11) is -3.25. The summed E-state index contributed by atoms with van der Waals surface area (Å²) in [4.78, 5) is 0.515. The summed E-state index contributed by atoms with van der Waals surface area (Å²) < 4.78 is 26.4. The molecule has 0 fully saturated rings. The van der Waals surface area contributed by atoms with E-state index in [-0.39, 0.29) is 5.41 Å². The van der Waals surface area contributed by atoms with Crippen molar-refractivity contribution in [2.75, 3.05) is 13.1 Å². The van der Waals surface area contributed by atoms with Gasteiger partial charge in [0.15, 0.2) is 0 Å². The van der Waals surface area contributed by atoms with E-state index in [0.717, 1.165) is 18.4 Å². The van der Waals surface area contributed by atoms with Crippen LogP contribution in [0.15, 0.2) is 22.6 Å². The summed E-state index contributed by atoms with van der Waals surface area (Å²) in [6.45, 7) is 11.4. The molecule has 1 heterocycles. The highest BCUT2D eigenvalue weighted by atomic mass is 32.2. The first-order valence-corrected chi connectivity index (χ1v) is 8.01. The van der Waals surface area contributed by atoms with Crippen molar-refractivity contribution >= 4 is 10.0 Å². The van der Waals surface area contributed by atoms with Gasteiger partial charge in [-0.2, -0.15) is 4.31 Å². The highest BCUT2D eigenvalue weighted by molar-refractivity contribution is 7.93. The van der Waals surface area contributed by atoms with Crippen LogP contribution in [0.2, 0.25) is 0 Å². The van der Waals surface area contributed by atoms with Gasteiger partial charge in [0.2, 0.25) is 10.0 Å². The van der Waals surface area contributed by atoms with E-state index in [1.54, 1.807) is 16.5 Å². The number of rotatable bonds is 4. The van der Waals surface area contributed by atoms with Crippen molar-refractivity contribution in [1.29, 1.82) is 0 Å². The number of sulfonamides is 1. The second kappa shape index (κ2) is 5.57. The molecular weight excluding hydrogens is 246 g/mol. The SMILES string of the molecule is C/C=C\C1=C(CC)CN(CCC(C)(C)C)S1(=O)=O. The van der Waals surface area contributed by atoms with Crippen molar-refractivity contribution in [1.82, 2.24) is 4.31 Å². The molecule has 0 N–H and O–H groups in total. The molecule has 4 heteroatoms. The fourth-order valence-corrected chi connectivity index (χ4v) is 3.82. The molecule has 0 aromatic carbocycles. The van der Waals surface area contributed by atoms with Crippen LogP contribution >= 0.6 is 0 Å². The largest absolute Gasteiger partial charge is 0.243 e. The topological polar surface area (TPSA) is 37.4 Å². The molecule has 1 aliphatic rings. The zero-order chi connectivity index (χ0) is 14.0. The monoisotopic (exact) mass is 271 g/mol. The zero-order valence-corrected chi connectivity index (χ0v) is 13.0. The molecule has 0 aromatic heterocycles. The summed E-state index contributed by atoms with van der Waals surface area (Å²) in [6, 6.07) is 0. The number of hydrogen-bond donors (Lipinski definition) is 0. The van der Waals surface area contributed by atoms with E-state index < -0.39 is 10.0 Å². The van der Waals surface area contributed by atoms with Gasteiger partial charge >= 0.3 is 0 Å². The first kappa shape index (κ1) is 15.4. The zero-order valence-electron chi connectivity index (χ0n) is 12.2. The van der Waals surface area contributed by atoms with Gasteiger partial charge in [-0.15, -0.1) is 0 Å². The minimum absolute atomic E-state index is 0.158. The Hall–Kier alpha value is -0.610. The van der Waals surface area contributed by atoms with Gasteiger partial charge in [-0.1, -0.05) is 33.8 Å². The molecule has 0 atom stereocenters. The number of nitrogens with zero attached hydrogens (tertiary/aromatic N) is 1. The van der Waals surface area contributed by atoms with Crippen molar-refractivity contribution in [3.05, 3.63) is 22.6 Å². The molecule has 0 bridgehead atoms. The van der Waals surface area contributed by atoms with Crippen LogP contribution in [0.5, 0.6) is 0 Å². The van der Waals surface area contributed by atoms with Gasteiger partial charge in [-0.3, -0.25) is 0 Å². The standard InChI is InChI=1S/C14H25NO2S/c1-6-8-13-12(7-2)11-15(18(13,16)17)10-9-14(3,4)5/h6,8H,7,9-11H2,1-5H3/b8-6-. The van der Waals surface area contributed by atoms with E-state index in [2.05, 4.69) is 20.8 Å². The third-order valence-electron chi connectivity index (χ3n) is 3.19. The van der Waals surface area contributed by atoms with Gasteiger partial charge in [-0.25, -0.2) is 8.42 Å². The Morgan fingerprint density at radius 2 is 1.94 bits per heavy atom. The molecular formula is C14H25NO2S. The summed E-state index contributed by atoms with van der Waals surface area (Å²) >= 11 is 0. The maximum Gasteiger partial charge on any atom is 0.243 e. The minimum Gasteiger partial charge on any atom is -0.207 e. The minimum atomic E-state index is -3.25. The van der Waals surface area contributed by atoms with E-state index in [9.17, 15) is 8.42 Å². The van der Waals surface area contributed by atoms with E-state index in [4.69, 9.17) is 0 Å². The Kier molecular flexibility index (Phi) is 4.78. The summed E-state index contributed by atoms with van der Waals surface area (Å²) in [5.41, 5.74) is 1.19. The highest BCUT2D eigenvalue weighted by Gasteiger charge is 2.34. The fraction of sp³-hybridized carbons (Fsp3) is 0.714. The van der Waals surface area contributed by atoms with Crippen LogP contribution in [0, 0.1) is 5.41 Å². The fourth-order valence-electron chi connectivity index (χ4n) is 2.00. The Bertz CT molecular complexity index is 453. The molecule has 1 rings (SSSR count). The molecule has 3 nitrogen and oxygen atoms in total.